The third-order valence-corrected chi connectivity index (χ3v) is 4.37. The summed E-state index contributed by atoms with van der Waals surface area (Å²) in [6.07, 6.45) is 1.55. The molecule has 3 nitrogen and oxygen atoms in total. The van der Waals surface area contributed by atoms with Crippen molar-refractivity contribution in [3.63, 3.8) is 0 Å². The molecule has 1 saturated carbocycles. The molecule has 0 saturated heterocycles. The molecule has 1 amide bonds. The Morgan fingerprint density at radius 3 is 2.33 bits per heavy atom. The topological polar surface area (TPSA) is 40.5 Å². The first-order valence-electron chi connectivity index (χ1n) is 6.93. The van der Waals surface area contributed by atoms with E-state index in [1.165, 1.54) is 0 Å². The highest BCUT2D eigenvalue weighted by molar-refractivity contribution is 6.31. The lowest BCUT2D eigenvalue weighted by atomic mass is 9.95. The minimum absolute atomic E-state index is 0.104. The van der Waals surface area contributed by atoms with E-state index in [-0.39, 0.29) is 12.5 Å². The van der Waals surface area contributed by atoms with Crippen molar-refractivity contribution >= 4 is 17.5 Å². The van der Waals surface area contributed by atoms with Gasteiger partial charge in [0.25, 0.3) is 5.91 Å². The Bertz CT molecular complexity index is 653. The van der Waals surface area contributed by atoms with Crippen molar-refractivity contribution < 1.29 is 10.0 Å². The summed E-state index contributed by atoms with van der Waals surface area (Å²) in [4.78, 5) is 12.6. The fourth-order valence-corrected chi connectivity index (χ4v) is 2.81. The molecule has 0 aliphatic heterocycles. The van der Waals surface area contributed by atoms with Gasteiger partial charge in [-0.3, -0.25) is 10.0 Å². The maximum Gasteiger partial charge on any atom is 0.256 e. The van der Waals surface area contributed by atoms with E-state index in [1.807, 2.05) is 42.5 Å². The minimum atomic E-state index is -0.558. The molecule has 108 valence electrons. The smallest absolute Gasteiger partial charge is 0.256 e. The number of halogens is 1. The van der Waals surface area contributed by atoms with Crippen LogP contribution >= 0.6 is 11.6 Å². The van der Waals surface area contributed by atoms with Crippen LogP contribution in [0, 0.1) is 0 Å². The van der Waals surface area contributed by atoms with Crippen molar-refractivity contribution in [3.8, 4) is 0 Å². The van der Waals surface area contributed by atoms with Crippen LogP contribution in [-0.4, -0.2) is 16.2 Å². The molecule has 0 radical (unpaired) electrons. The Morgan fingerprint density at radius 1 is 1.10 bits per heavy atom. The van der Waals surface area contributed by atoms with E-state index in [9.17, 15) is 10.0 Å². The normalized spacial score (nSPS) is 15.5. The van der Waals surface area contributed by atoms with Gasteiger partial charge in [-0.2, -0.15) is 0 Å². The standard InChI is InChI=1S/C17H16ClNO2/c18-15-9-5-4-6-13(15)12-19(21)16(20)17(10-11-17)14-7-2-1-3-8-14/h1-9,21H,10-12H2. The lowest BCUT2D eigenvalue weighted by molar-refractivity contribution is -0.171. The molecule has 0 bridgehead atoms. The van der Waals surface area contributed by atoms with E-state index in [0.717, 1.165) is 29.0 Å². The highest BCUT2D eigenvalue weighted by Gasteiger charge is 2.53. The third kappa shape index (κ3) is 2.67. The molecule has 0 spiro atoms. The van der Waals surface area contributed by atoms with E-state index in [0.29, 0.717) is 5.02 Å². The highest BCUT2D eigenvalue weighted by Crippen LogP contribution is 2.49. The second kappa shape index (κ2) is 5.51. The van der Waals surface area contributed by atoms with Gasteiger partial charge in [0, 0.05) is 5.02 Å². The Hall–Kier alpha value is -1.84. The fourth-order valence-electron chi connectivity index (χ4n) is 2.62. The Kier molecular flexibility index (Phi) is 3.70. The van der Waals surface area contributed by atoms with Crippen LogP contribution in [0.5, 0.6) is 0 Å². The van der Waals surface area contributed by atoms with Crippen LogP contribution in [0.15, 0.2) is 54.6 Å². The highest BCUT2D eigenvalue weighted by atomic mass is 35.5. The zero-order valence-electron chi connectivity index (χ0n) is 11.5. The number of rotatable bonds is 4. The van der Waals surface area contributed by atoms with Crippen LogP contribution in [-0.2, 0) is 16.8 Å². The summed E-state index contributed by atoms with van der Waals surface area (Å²) in [6.45, 7) is 0.104. The zero-order valence-corrected chi connectivity index (χ0v) is 12.3. The van der Waals surface area contributed by atoms with Crippen LogP contribution in [0.25, 0.3) is 0 Å². The first kappa shape index (κ1) is 14.1. The first-order valence-corrected chi connectivity index (χ1v) is 7.31. The van der Waals surface area contributed by atoms with Gasteiger partial charge in [0.15, 0.2) is 0 Å². The van der Waals surface area contributed by atoms with Crippen molar-refractivity contribution in [2.24, 2.45) is 0 Å². The second-order valence-corrected chi connectivity index (χ2v) is 5.81. The Balaban J connectivity index is 1.78. The van der Waals surface area contributed by atoms with Crippen molar-refractivity contribution in [3.05, 3.63) is 70.7 Å². The second-order valence-electron chi connectivity index (χ2n) is 5.40. The van der Waals surface area contributed by atoms with Gasteiger partial charge in [0.05, 0.1) is 12.0 Å². The molecule has 0 atom stereocenters. The van der Waals surface area contributed by atoms with Gasteiger partial charge < -0.3 is 0 Å². The molecule has 3 rings (SSSR count). The molecule has 2 aromatic carbocycles. The quantitative estimate of drug-likeness (QED) is 0.689. The SMILES string of the molecule is O=C(N(O)Cc1ccccc1Cl)C1(c2ccccc2)CC1. The molecular weight excluding hydrogens is 286 g/mol. The number of carbonyl (C=O) groups excluding carboxylic acids is 1. The average Bonchev–Trinajstić information content (AvgIpc) is 3.31. The number of hydroxylamine groups is 2. The van der Waals surface area contributed by atoms with Crippen molar-refractivity contribution in [2.75, 3.05) is 0 Å². The molecule has 1 fully saturated rings. The fraction of sp³-hybridized carbons (Fsp3) is 0.235. The van der Waals surface area contributed by atoms with Crippen molar-refractivity contribution in [1.82, 2.24) is 5.06 Å². The number of hydrogen-bond donors (Lipinski definition) is 1. The van der Waals surface area contributed by atoms with Gasteiger partial charge in [-0.15, -0.1) is 0 Å². The molecule has 1 aliphatic rings. The summed E-state index contributed by atoms with van der Waals surface area (Å²) in [6, 6.07) is 16.8. The Labute approximate surface area is 128 Å². The molecule has 0 unspecified atom stereocenters. The van der Waals surface area contributed by atoms with Gasteiger partial charge in [-0.25, -0.2) is 5.06 Å². The summed E-state index contributed by atoms with van der Waals surface area (Å²) in [5, 5.41) is 11.5. The maximum absolute atomic E-state index is 12.6. The lowest BCUT2D eigenvalue weighted by Gasteiger charge is -2.22. The number of amides is 1. The van der Waals surface area contributed by atoms with Gasteiger partial charge in [-0.1, -0.05) is 60.1 Å². The molecule has 1 aliphatic carbocycles. The molecule has 2 aromatic rings. The lowest BCUT2D eigenvalue weighted by Crippen LogP contribution is -2.36. The van der Waals surface area contributed by atoms with Crippen LogP contribution in [0.1, 0.15) is 24.0 Å². The summed E-state index contributed by atoms with van der Waals surface area (Å²) in [5.41, 5.74) is 1.14. The molecular formula is C17H16ClNO2. The van der Waals surface area contributed by atoms with Gasteiger partial charge in [0.1, 0.15) is 0 Å². The molecule has 21 heavy (non-hydrogen) atoms. The third-order valence-electron chi connectivity index (χ3n) is 4.00. The van der Waals surface area contributed by atoms with E-state index in [4.69, 9.17) is 11.6 Å². The van der Waals surface area contributed by atoms with E-state index >= 15 is 0 Å². The summed E-state index contributed by atoms with van der Waals surface area (Å²) < 4.78 is 0. The van der Waals surface area contributed by atoms with Crippen molar-refractivity contribution in [2.45, 2.75) is 24.8 Å². The number of nitrogens with zero attached hydrogens (tertiary/aromatic N) is 1. The Morgan fingerprint density at radius 2 is 1.71 bits per heavy atom. The number of carbonyl (C=O) groups is 1. The first-order chi connectivity index (χ1) is 10.1. The van der Waals surface area contributed by atoms with E-state index in [2.05, 4.69) is 0 Å². The molecule has 4 heteroatoms. The van der Waals surface area contributed by atoms with Gasteiger partial charge in [0.2, 0.25) is 0 Å². The monoisotopic (exact) mass is 301 g/mol. The minimum Gasteiger partial charge on any atom is -0.286 e. The van der Waals surface area contributed by atoms with Gasteiger partial charge >= 0.3 is 0 Å². The predicted molar refractivity (Wildman–Crippen MR) is 81.1 cm³/mol. The van der Waals surface area contributed by atoms with Crippen LogP contribution in [0.4, 0.5) is 0 Å². The zero-order chi connectivity index (χ0) is 14.9. The maximum atomic E-state index is 12.6. The summed E-state index contributed by atoms with van der Waals surface area (Å²) >= 11 is 6.07. The molecule has 1 N–H and O–H groups in total. The summed E-state index contributed by atoms with van der Waals surface area (Å²) in [7, 11) is 0. The largest absolute Gasteiger partial charge is 0.286 e. The van der Waals surface area contributed by atoms with E-state index in [1.54, 1.807) is 12.1 Å². The summed E-state index contributed by atoms with van der Waals surface area (Å²) in [5.74, 6) is -0.256. The van der Waals surface area contributed by atoms with Crippen LogP contribution in [0.2, 0.25) is 5.02 Å². The van der Waals surface area contributed by atoms with Crippen LogP contribution < -0.4 is 0 Å². The van der Waals surface area contributed by atoms with E-state index < -0.39 is 5.41 Å². The number of benzene rings is 2. The molecule has 0 heterocycles. The van der Waals surface area contributed by atoms with Crippen LogP contribution in [0.3, 0.4) is 0 Å². The van der Waals surface area contributed by atoms with Crippen molar-refractivity contribution in [1.29, 1.82) is 0 Å². The number of hydrogen-bond acceptors (Lipinski definition) is 2. The average molecular weight is 302 g/mol. The molecule has 0 aromatic heterocycles. The van der Waals surface area contributed by atoms with Gasteiger partial charge in [-0.05, 0) is 30.0 Å². The predicted octanol–water partition coefficient (Wildman–Crippen LogP) is 3.79.